The minimum absolute atomic E-state index is 0.465. The van der Waals surface area contributed by atoms with Crippen LogP contribution in [-0.2, 0) is 0 Å². The largest absolute Gasteiger partial charge is 0.313 e. The van der Waals surface area contributed by atoms with Gasteiger partial charge in [0.05, 0.1) is 0 Å². The summed E-state index contributed by atoms with van der Waals surface area (Å²) in [7, 11) is 2.05. The number of halogens is 1. The second-order valence-electron chi connectivity index (χ2n) is 4.35. The lowest BCUT2D eigenvalue weighted by molar-refractivity contribution is 0.359. The summed E-state index contributed by atoms with van der Waals surface area (Å²) in [6.07, 6.45) is 2.43. The third-order valence-electron chi connectivity index (χ3n) is 3.39. The van der Waals surface area contributed by atoms with Crippen LogP contribution in [0, 0.1) is 12.8 Å². The summed E-state index contributed by atoms with van der Waals surface area (Å²) in [5.41, 5.74) is 2.68. The molecule has 16 heavy (non-hydrogen) atoms. The number of hydrogen-bond acceptors (Lipinski definition) is 1. The van der Waals surface area contributed by atoms with Crippen LogP contribution in [0.2, 0.25) is 0 Å². The predicted molar refractivity (Wildman–Crippen MR) is 74.8 cm³/mol. The number of aryl methyl sites for hydroxylation is 1. The minimum atomic E-state index is 0.465. The zero-order chi connectivity index (χ0) is 12.1. The van der Waals surface area contributed by atoms with Gasteiger partial charge in [0.1, 0.15) is 0 Å². The highest BCUT2D eigenvalue weighted by Crippen LogP contribution is 2.29. The average molecular weight is 284 g/mol. The maximum atomic E-state index is 3.61. The molecule has 1 aromatic rings. The number of rotatable bonds is 5. The van der Waals surface area contributed by atoms with Gasteiger partial charge in [-0.1, -0.05) is 54.8 Å². The van der Waals surface area contributed by atoms with E-state index in [-0.39, 0.29) is 0 Å². The van der Waals surface area contributed by atoms with Crippen molar-refractivity contribution in [1.82, 2.24) is 5.32 Å². The monoisotopic (exact) mass is 283 g/mol. The van der Waals surface area contributed by atoms with Crippen molar-refractivity contribution < 1.29 is 0 Å². The van der Waals surface area contributed by atoms with E-state index in [1.807, 2.05) is 0 Å². The van der Waals surface area contributed by atoms with Gasteiger partial charge in [-0.25, -0.2) is 0 Å². The van der Waals surface area contributed by atoms with E-state index in [2.05, 4.69) is 67.3 Å². The summed E-state index contributed by atoms with van der Waals surface area (Å²) in [5, 5.41) is 3.45. The first-order chi connectivity index (χ1) is 7.63. The van der Waals surface area contributed by atoms with Crippen molar-refractivity contribution in [2.75, 3.05) is 7.05 Å². The second kappa shape index (κ2) is 6.41. The topological polar surface area (TPSA) is 12.0 Å². The van der Waals surface area contributed by atoms with Crippen LogP contribution in [-0.4, -0.2) is 7.05 Å². The molecule has 1 unspecified atom stereocenters. The van der Waals surface area contributed by atoms with E-state index in [4.69, 9.17) is 0 Å². The summed E-state index contributed by atoms with van der Waals surface area (Å²) in [6, 6.07) is 7.13. The van der Waals surface area contributed by atoms with Crippen molar-refractivity contribution in [2.24, 2.45) is 5.92 Å². The molecule has 0 saturated heterocycles. The molecule has 0 fully saturated rings. The Kier molecular flexibility index (Phi) is 5.50. The fourth-order valence-electron chi connectivity index (χ4n) is 2.24. The minimum Gasteiger partial charge on any atom is -0.313 e. The molecular formula is C14H22BrN. The molecule has 1 rings (SSSR count). The van der Waals surface area contributed by atoms with Crippen molar-refractivity contribution in [3.05, 3.63) is 33.8 Å². The molecule has 2 heteroatoms. The Morgan fingerprint density at radius 1 is 1.25 bits per heavy atom. The molecule has 90 valence electrons. The molecule has 0 aromatic heterocycles. The van der Waals surface area contributed by atoms with Crippen LogP contribution in [0.5, 0.6) is 0 Å². The van der Waals surface area contributed by atoms with Gasteiger partial charge in [-0.3, -0.25) is 0 Å². The molecule has 0 bridgehead atoms. The molecule has 1 aromatic carbocycles. The van der Waals surface area contributed by atoms with Gasteiger partial charge in [0.25, 0.3) is 0 Å². The Morgan fingerprint density at radius 2 is 1.88 bits per heavy atom. The van der Waals surface area contributed by atoms with Crippen LogP contribution in [0.25, 0.3) is 0 Å². The molecule has 0 aliphatic rings. The summed E-state index contributed by atoms with van der Waals surface area (Å²) in [4.78, 5) is 0. The van der Waals surface area contributed by atoms with Crippen LogP contribution in [0.15, 0.2) is 22.7 Å². The van der Waals surface area contributed by atoms with Crippen molar-refractivity contribution >= 4 is 15.9 Å². The zero-order valence-electron chi connectivity index (χ0n) is 10.7. The van der Waals surface area contributed by atoms with Gasteiger partial charge >= 0.3 is 0 Å². The fourth-order valence-corrected chi connectivity index (χ4v) is 2.63. The van der Waals surface area contributed by atoms with E-state index in [1.165, 1.54) is 28.4 Å². The Balaban J connectivity index is 2.98. The SMILES string of the molecule is CCC(CC)C(NC)c1ccc(C)c(Br)c1. The lowest BCUT2D eigenvalue weighted by atomic mass is 9.89. The summed E-state index contributed by atoms with van der Waals surface area (Å²) in [6.45, 7) is 6.66. The first kappa shape index (κ1) is 13.7. The molecule has 0 amide bonds. The molecular weight excluding hydrogens is 262 g/mol. The molecule has 0 heterocycles. The summed E-state index contributed by atoms with van der Waals surface area (Å²) < 4.78 is 1.20. The van der Waals surface area contributed by atoms with E-state index in [0.717, 1.165) is 0 Å². The third kappa shape index (κ3) is 3.08. The standard InChI is InChI=1S/C14H22BrN/c1-5-11(6-2)14(16-4)12-8-7-10(3)13(15)9-12/h7-9,11,14,16H,5-6H2,1-4H3. The van der Waals surface area contributed by atoms with E-state index >= 15 is 0 Å². The predicted octanol–water partition coefficient (Wildman–Crippen LogP) is 4.45. The number of nitrogens with one attached hydrogen (secondary N) is 1. The van der Waals surface area contributed by atoms with Crippen LogP contribution in [0.4, 0.5) is 0 Å². The van der Waals surface area contributed by atoms with Gasteiger partial charge in [-0.05, 0) is 37.1 Å². The van der Waals surface area contributed by atoms with Gasteiger partial charge in [0, 0.05) is 10.5 Å². The van der Waals surface area contributed by atoms with E-state index in [1.54, 1.807) is 0 Å². The Bertz CT molecular complexity index is 332. The maximum absolute atomic E-state index is 3.61. The van der Waals surface area contributed by atoms with Crippen LogP contribution in [0.3, 0.4) is 0 Å². The lowest BCUT2D eigenvalue weighted by Gasteiger charge is -2.25. The van der Waals surface area contributed by atoms with Gasteiger partial charge in [-0.15, -0.1) is 0 Å². The number of hydrogen-bond donors (Lipinski definition) is 1. The molecule has 0 aliphatic heterocycles. The second-order valence-corrected chi connectivity index (χ2v) is 5.21. The quantitative estimate of drug-likeness (QED) is 0.842. The van der Waals surface area contributed by atoms with Crippen LogP contribution < -0.4 is 5.32 Å². The van der Waals surface area contributed by atoms with E-state index in [9.17, 15) is 0 Å². The van der Waals surface area contributed by atoms with Gasteiger partial charge in [-0.2, -0.15) is 0 Å². The molecule has 0 aliphatic carbocycles. The number of benzene rings is 1. The maximum Gasteiger partial charge on any atom is 0.0346 e. The average Bonchev–Trinajstić information content (AvgIpc) is 2.29. The van der Waals surface area contributed by atoms with Gasteiger partial charge in [0.15, 0.2) is 0 Å². The smallest absolute Gasteiger partial charge is 0.0346 e. The van der Waals surface area contributed by atoms with Crippen molar-refractivity contribution in [3.63, 3.8) is 0 Å². The molecule has 1 N–H and O–H groups in total. The van der Waals surface area contributed by atoms with Gasteiger partial charge < -0.3 is 5.32 Å². The molecule has 0 saturated carbocycles. The van der Waals surface area contributed by atoms with E-state index < -0.39 is 0 Å². The lowest BCUT2D eigenvalue weighted by Crippen LogP contribution is -2.24. The third-order valence-corrected chi connectivity index (χ3v) is 4.24. The Labute approximate surface area is 108 Å². The van der Waals surface area contributed by atoms with Crippen LogP contribution in [0.1, 0.15) is 43.9 Å². The van der Waals surface area contributed by atoms with Crippen molar-refractivity contribution in [1.29, 1.82) is 0 Å². The van der Waals surface area contributed by atoms with Crippen molar-refractivity contribution in [2.45, 2.75) is 39.7 Å². The highest BCUT2D eigenvalue weighted by atomic mass is 79.9. The van der Waals surface area contributed by atoms with E-state index in [0.29, 0.717) is 12.0 Å². The molecule has 1 atom stereocenters. The Hall–Kier alpha value is -0.340. The summed E-state index contributed by atoms with van der Waals surface area (Å²) in [5.74, 6) is 0.708. The fraction of sp³-hybridized carbons (Fsp3) is 0.571. The normalized spacial score (nSPS) is 13.1. The summed E-state index contributed by atoms with van der Waals surface area (Å²) >= 11 is 3.61. The zero-order valence-corrected chi connectivity index (χ0v) is 12.3. The first-order valence-corrected chi connectivity index (χ1v) is 6.86. The Morgan fingerprint density at radius 3 is 2.31 bits per heavy atom. The highest BCUT2D eigenvalue weighted by molar-refractivity contribution is 9.10. The van der Waals surface area contributed by atoms with Gasteiger partial charge in [0.2, 0.25) is 0 Å². The van der Waals surface area contributed by atoms with Crippen molar-refractivity contribution in [3.8, 4) is 0 Å². The molecule has 0 spiro atoms. The van der Waals surface area contributed by atoms with Crippen LogP contribution >= 0.6 is 15.9 Å². The first-order valence-electron chi connectivity index (χ1n) is 6.07. The molecule has 1 nitrogen and oxygen atoms in total. The molecule has 0 radical (unpaired) electrons. The highest BCUT2D eigenvalue weighted by Gasteiger charge is 2.18.